The summed E-state index contributed by atoms with van der Waals surface area (Å²) in [5.74, 6) is -0.638. The minimum absolute atomic E-state index is 0.166. The average molecular weight is 233 g/mol. The van der Waals surface area contributed by atoms with E-state index in [-0.39, 0.29) is 17.5 Å². The molecule has 0 spiro atoms. The molecule has 1 aliphatic carbocycles. The molecule has 1 fully saturated rings. The van der Waals surface area contributed by atoms with Gasteiger partial charge in [0.2, 0.25) is 0 Å². The van der Waals surface area contributed by atoms with E-state index in [1.54, 1.807) is 36.1 Å². The third kappa shape index (κ3) is 2.38. The summed E-state index contributed by atoms with van der Waals surface area (Å²) in [6.45, 7) is 5.79. The van der Waals surface area contributed by atoms with Crippen molar-refractivity contribution in [3.05, 3.63) is 47.8 Å². The Hall–Kier alpha value is -1.64. The number of rotatable bonds is 4. The Morgan fingerprint density at radius 3 is 2.88 bits per heavy atom. The molecule has 2 rings (SSSR count). The van der Waals surface area contributed by atoms with Gasteiger partial charge in [-0.1, -0.05) is 18.2 Å². The highest BCUT2D eigenvalue weighted by Gasteiger charge is 2.33. The molecule has 0 aromatic heterocycles. The zero-order chi connectivity index (χ0) is 12.4. The first kappa shape index (κ1) is 11.8. The van der Waals surface area contributed by atoms with Gasteiger partial charge in [0.15, 0.2) is 0 Å². The number of hydrogen-bond donors (Lipinski definition) is 0. The van der Waals surface area contributed by atoms with Gasteiger partial charge in [-0.25, -0.2) is 4.39 Å². The van der Waals surface area contributed by atoms with Gasteiger partial charge in [0.1, 0.15) is 5.82 Å². The molecule has 0 aliphatic heterocycles. The average Bonchev–Trinajstić information content (AvgIpc) is 3.13. The summed E-state index contributed by atoms with van der Waals surface area (Å²) in [6, 6.07) is 5.19. The highest BCUT2D eigenvalue weighted by molar-refractivity contribution is 5.95. The number of aryl methyl sites for hydroxylation is 1. The molecule has 0 radical (unpaired) electrons. The van der Waals surface area contributed by atoms with Crippen molar-refractivity contribution in [2.75, 3.05) is 6.54 Å². The summed E-state index contributed by atoms with van der Waals surface area (Å²) in [6.07, 6.45) is 3.70. The molecule has 3 heteroatoms. The van der Waals surface area contributed by atoms with Crippen molar-refractivity contribution in [2.45, 2.75) is 25.8 Å². The summed E-state index contributed by atoms with van der Waals surface area (Å²) in [7, 11) is 0. The van der Waals surface area contributed by atoms with Crippen LogP contribution in [0.5, 0.6) is 0 Å². The van der Waals surface area contributed by atoms with Crippen molar-refractivity contribution >= 4 is 5.91 Å². The van der Waals surface area contributed by atoms with Crippen molar-refractivity contribution in [1.29, 1.82) is 0 Å². The molecule has 1 aromatic rings. The Morgan fingerprint density at radius 1 is 1.59 bits per heavy atom. The van der Waals surface area contributed by atoms with E-state index < -0.39 is 5.82 Å². The molecule has 0 atom stereocenters. The van der Waals surface area contributed by atoms with Crippen LogP contribution in [0.3, 0.4) is 0 Å². The second kappa shape index (κ2) is 4.70. The summed E-state index contributed by atoms with van der Waals surface area (Å²) in [4.78, 5) is 13.9. The van der Waals surface area contributed by atoms with Gasteiger partial charge < -0.3 is 4.90 Å². The van der Waals surface area contributed by atoms with Crippen molar-refractivity contribution in [1.82, 2.24) is 4.90 Å². The second-order valence-corrected chi connectivity index (χ2v) is 4.41. The molecule has 90 valence electrons. The largest absolute Gasteiger partial charge is 0.332 e. The number of carbonyl (C=O) groups is 1. The first-order valence-corrected chi connectivity index (χ1v) is 5.82. The van der Waals surface area contributed by atoms with Gasteiger partial charge in [0, 0.05) is 12.6 Å². The molecule has 2 nitrogen and oxygen atoms in total. The molecule has 0 unspecified atom stereocenters. The van der Waals surface area contributed by atoms with Crippen molar-refractivity contribution in [3.8, 4) is 0 Å². The van der Waals surface area contributed by atoms with Crippen LogP contribution in [0.15, 0.2) is 30.9 Å². The molecule has 0 heterocycles. The molecular formula is C14H16FNO. The maximum Gasteiger partial charge on any atom is 0.257 e. The lowest BCUT2D eigenvalue weighted by molar-refractivity contribution is 0.0758. The fourth-order valence-electron chi connectivity index (χ4n) is 1.89. The monoisotopic (exact) mass is 233 g/mol. The third-order valence-corrected chi connectivity index (χ3v) is 3.00. The SMILES string of the molecule is C=CCN(C(=O)c1cccc(C)c1F)C1CC1. The van der Waals surface area contributed by atoms with Crippen LogP contribution in [0.4, 0.5) is 4.39 Å². The number of halogens is 1. The third-order valence-electron chi connectivity index (χ3n) is 3.00. The highest BCUT2D eigenvalue weighted by atomic mass is 19.1. The van der Waals surface area contributed by atoms with Crippen LogP contribution in [0, 0.1) is 12.7 Å². The molecule has 0 N–H and O–H groups in total. The quantitative estimate of drug-likeness (QED) is 0.732. The smallest absolute Gasteiger partial charge is 0.257 e. The minimum Gasteiger partial charge on any atom is -0.332 e. The fourth-order valence-corrected chi connectivity index (χ4v) is 1.89. The zero-order valence-electron chi connectivity index (χ0n) is 9.95. The van der Waals surface area contributed by atoms with E-state index >= 15 is 0 Å². The second-order valence-electron chi connectivity index (χ2n) is 4.41. The van der Waals surface area contributed by atoms with Gasteiger partial charge in [0.25, 0.3) is 5.91 Å². The minimum atomic E-state index is -0.410. The highest BCUT2D eigenvalue weighted by Crippen LogP contribution is 2.28. The van der Waals surface area contributed by atoms with E-state index in [1.165, 1.54) is 0 Å². The molecule has 0 saturated heterocycles. The molecular weight excluding hydrogens is 217 g/mol. The van der Waals surface area contributed by atoms with Crippen LogP contribution in [-0.4, -0.2) is 23.4 Å². The van der Waals surface area contributed by atoms with E-state index in [9.17, 15) is 9.18 Å². The predicted octanol–water partition coefficient (Wildman–Crippen LogP) is 2.92. The Balaban J connectivity index is 2.28. The maximum absolute atomic E-state index is 13.9. The van der Waals surface area contributed by atoms with Gasteiger partial charge >= 0.3 is 0 Å². The number of nitrogens with zero attached hydrogens (tertiary/aromatic N) is 1. The topological polar surface area (TPSA) is 20.3 Å². The van der Waals surface area contributed by atoms with Gasteiger partial charge in [-0.2, -0.15) is 0 Å². The Bertz CT molecular complexity index is 452. The summed E-state index contributed by atoms with van der Waals surface area (Å²) in [5.41, 5.74) is 0.670. The zero-order valence-corrected chi connectivity index (χ0v) is 9.95. The summed E-state index contributed by atoms with van der Waals surface area (Å²) in [5, 5.41) is 0. The van der Waals surface area contributed by atoms with Crippen LogP contribution in [0.2, 0.25) is 0 Å². The molecule has 0 bridgehead atoms. The van der Waals surface area contributed by atoms with E-state index in [4.69, 9.17) is 0 Å². The number of benzene rings is 1. The first-order valence-electron chi connectivity index (χ1n) is 5.82. The Morgan fingerprint density at radius 2 is 2.29 bits per heavy atom. The first-order chi connectivity index (χ1) is 8.15. The van der Waals surface area contributed by atoms with E-state index in [0.29, 0.717) is 12.1 Å². The molecule has 17 heavy (non-hydrogen) atoms. The van der Waals surface area contributed by atoms with Crippen LogP contribution in [-0.2, 0) is 0 Å². The van der Waals surface area contributed by atoms with Gasteiger partial charge in [0.05, 0.1) is 5.56 Å². The molecule has 1 saturated carbocycles. The van der Waals surface area contributed by atoms with Gasteiger partial charge in [-0.05, 0) is 31.4 Å². The van der Waals surface area contributed by atoms with Gasteiger partial charge in [-0.15, -0.1) is 6.58 Å². The van der Waals surface area contributed by atoms with Gasteiger partial charge in [-0.3, -0.25) is 4.79 Å². The maximum atomic E-state index is 13.9. The standard InChI is InChI=1S/C14H16FNO/c1-3-9-16(11-7-8-11)14(17)12-6-4-5-10(2)13(12)15/h3-6,11H,1,7-9H2,2H3. The molecule has 1 amide bonds. The number of carbonyl (C=O) groups excluding carboxylic acids is 1. The van der Waals surface area contributed by atoms with E-state index in [0.717, 1.165) is 12.8 Å². The van der Waals surface area contributed by atoms with E-state index in [2.05, 4.69) is 6.58 Å². The van der Waals surface area contributed by atoms with Crippen molar-refractivity contribution in [2.24, 2.45) is 0 Å². The van der Waals surface area contributed by atoms with Crippen LogP contribution in [0.1, 0.15) is 28.8 Å². The molecule has 1 aromatic carbocycles. The van der Waals surface area contributed by atoms with Crippen molar-refractivity contribution in [3.63, 3.8) is 0 Å². The van der Waals surface area contributed by atoms with Crippen molar-refractivity contribution < 1.29 is 9.18 Å². The van der Waals surface area contributed by atoms with Crippen LogP contribution < -0.4 is 0 Å². The van der Waals surface area contributed by atoms with Crippen LogP contribution in [0.25, 0.3) is 0 Å². The number of hydrogen-bond acceptors (Lipinski definition) is 1. The number of amides is 1. The van der Waals surface area contributed by atoms with Crippen LogP contribution >= 0.6 is 0 Å². The lowest BCUT2D eigenvalue weighted by Crippen LogP contribution is -2.33. The fraction of sp³-hybridized carbons (Fsp3) is 0.357. The lowest BCUT2D eigenvalue weighted by atomic mass is 10.1. The summed E-state index contributed by atoms with van der Waals surface area (Å²) < 4.78 is 13.9. The molecule has 1 aliphatic rings. The van der Waals surface area contributed by atoms with E-state index in [1.807, 2.05) is 0 Å². The normalized spacial score (nSPS) is 14.5. The summed E-state index contributed by atoms with van der Waals surface area (Å²) >= 11 is 0. The Kier molecular flexibility index (Phi) is 3.27. The lowest BCUT2D eigenvalue weighted by Gasteiger charge is -2.21. The predicted molar refractivity (Wildman–Crippen MR) is 65.4 cm³/mol. The Labute approximate surface area is 101 Å².